The van der Waals surface area contributed by atoms with Crippen LogP contribution in [0, 0.1) is 0 Å². The van der Waals surface area contributed by atoms with Crippen molar-refractivity contribution in [3.8, 4) is 22.8 Å². The predicted molar refractivity (Wildman–Crippen MR) is 140 cm³/mol. The van der Waals surface area contributed by atoms with Gasteiger partial charge in [0.05, 0.1) is 17.8 Å². The molecule has 3 heterocycles. The van der Waals surface area contributed by atoms with Crippen molar-refractivity contribution in [1.29, 1.82) is 0 Å². The Bertz CT molecular complexity index is 1630. The minimum absolute atomic E-state index is 0.000604. The maximum atomic E-state index is 13.8. The molecule has 4 saturated carbocycles. The molecule has 218 valence electrons. The summed E-state index contributed by atoms with van der Waals surface area (Å²) in [6.45, 7) is 0.127. The van der Waals surface area contributed by atoms with E-state index >= 15 is 0 Å². The number of carboxylic acid groups (broad SMARTS) is 1. The number of rotatable bonds is 8. The van der Waals surface area contributed by atoms with Crippen molar-refractivity contribution in [3.05, 3.63) is 70.9 Å². The third kappa shape index (κ3) is 4.67. The van der Waals surface area contributed by atoms with Gasteiger partial charge in [0, 0.05) is 22.5 Å². The van der Waals surface area contributed by atoms with E-state index in [9.17, 15) is 23.1 Å². The van der Waals surface area contributed by atoms with E-state index in [1.54, 1.807) is 18.2 Å². The number of hydrogen-bond acceptors (Lipinski definition) is 8. The second kappa shape index (κ2) is 9.75. The van der Waals surface area contributed by atoms with Crippen LogP contribution in [0.4, 0.5) is 13.2 Å². The molecule has 3 aromatic heterocycles. The molecular weight excluding hydrogens is 553 g/mol. The van der Waals surface area contributed by atoms with E-state index in [1.165, 1.54) is 18.2 Å². The van der Waals surface area contributed by atoms with Gasteiger partial charge in [-0.25, -0.2) is 9.78 Å². The molecule has 8 rings (SSSR count). The van der Waals surface area contributed by atoms with Crippen LogP contribution >= 0.6 is 0 Å². The number of hydrogen-bond donors (Lipinski definition) is 1. The maximum Gasteiger partial charge on any atom is 0.417 e. The van der Waals surface area contributed by atoms with Crippen molar-refractivity contribution >= 4 is 5.97 Å². The van der Waals surface area contributed by atoms with Crippen LogP contribution in [0.15, 0.2) is 51.5 Å². The number of carbonyl (C=O) groups is 1. The monoisotopic (exact) mass is 580 g/mol. The van der Waals surface area contributed by atoms with Crippen molar-refractivity contribution in [1.82, 2.24) is 20.3 Å². The van der Waals surface area contributed by atoms with Crippen LogP contribution in [0.3, 0.4) is 0 Å². The Morgan fingerprint density at radius 1 is 0.952 bits per heavy atom. The van der Waals surface area contributed by atoms with E-state index in [1.807, 2.05) is 0 Å². The fourth-order valence-electron chi connectivity index (χ4n) is 6.42. The van der Waals surface area contributed by atoms with Crippen LogP contribution in [-0.2, 0) is 22.9 Å². The summed E-state index contributed by atoms with van der Waals surface area (Å²) < 4.78 is 59.2. The molecule has 0 aliphatic heterocycles. The Morgan fingerprint density at radius 2 is 1.69 bits per heavy atom. The minimum atomic E-state index is -4.52. The standard InChI is InChI=1S/C30H27F3N4O5/c31-30(32,33)20-5-2-1-4-18(20)23-19(24(41-36-23)17-8-9-17)16-40-29-13-10-28(11-14-29,12-15-29)27-35-25(42-37-27)21-6-3-7-22(34-21)26(38)39/h1-7,17H,8-16H2,(H,38,39). The number of halogens is 3. The Morgan fingerprint density at radius 3 is 2.38 bits per heavy atom. The van der Waals surface area contributed by atoms with Gasteiger partial charge in [0.1, 0.15) is 22.8 Å². The molecule has 4 aliphatic rings. The number of nitrogens with zero attached hydrogens (tertiary/aromatic N) is 4. The molecule has 4 aliphatic carbocycles. The second-order valence-electron chi connectivity index (χ2n) is 11.6. The molecule has 1 N–H and O–H groups in total. The first-order chi connectivity index (χ1) is 20.2. The lowest BCUT2D eigenvalue weighted by Crippen LogP contribution is -2.50. The lowest BCUT2D eigenvalue weighted by atomic mass is 9.58. The van der Waals surface area contributed by atoms with E-state index in [2.05, 4.69) is 20.3 Å². The molecule has 0 amide bonds. The van der Waals surface area contributed by atoms with Crippen LogP contribution in [0.5, 0.6) is 0 Å². The summed E-state index contributed by atoms with van der Waals surface area (Å²) in [7, 11) is 0. The fraction of sp³-hybridized carbons (Fsp3) is 0.433. The third-order valence-electron chi connectivity index (χ3n) is 9.04. The van der Waals surface area contributed by atoms with E-state index in [-0.39, 0.29) is 40.8 Å². The first-order valence-electron chi connectivity index (χ1n) is 14.0. The van der Waals surface area contributed by atoms with Crippen LogP contribution < -0.4 is 0 Å². The summed E-state index contributed by atoms with van der Waals surface area (Å²) in [6.07, 6.45) is 1.81. The Kier molecular flexibility index (Phi) is 6.23. The molecule has 0 unspecified atom stereocenters. The van der Waals surface area contributed by atoms with Crippen molar-refractivity contribution < 1.29 is 36.9 Å². The molecule has 4 aromatic rings. The highest BCUT2D eigenvalue weighted by atomic mass is 19.4. The molecule has 0 radical (unpaired) electrons. The molecule has 2 bridgehead atoms. The Balaban J connectivity index is 1.09. The van der Waals surface area contributed by atoms with Crippen LogP contribution in [-0.4, -0.2) is 37.0 Å². The largest absolute Gasteiger partial charge is 0.477 e. The van der Waals surface area contributed by atoms with Gasteiger partial charge in [0.15, 0.2) is 5.82 Å². The van der Waals surface area contributed by atoms with E-state index < -0.39 is 23.3 Å². The van der Waals surface area contributed by atoms with Crippen molar-refractivity contribution in [2.75, 3.05) is 0 Å². The predicted octanol–water partition coefficient (Wildman–Crippen LogP) is 6.94. The maximum absolute atomic E-state index is 13.8. The summed E-state index contributed by atoms with van der Waals surface area (Å²) in [5, 5.41) is 17.6. The summed E-state index contributed by atoms with van der Waals surface area (Å²) >= 11 is 0. The molecule has 12 heteroatoms. The highest BCUT2D eigenvalue weighted by Gasteiger charge is 2.52. The number of carboxylic acids is 1. The summed E-state index contributed by atoms with van der Waals surface area (Å²) in [5.41, 5.74) is -0.451. The zero-order valence-electron chi connectivity index (χ0n) is 22.5. The first-order valence-corrected chi connectivity index (χ1v) is 14.0. The summed E-state index contributed by atoms with van der Waals surface area (Å²) in [4.78, 5) is 20.0. The van der Waals surface area contributed by atoms with Gasteiger partial charge in [-0.05, 0) is 69.6 Å². The average molecular weight is 581 g/mol. The molecule has 9 nitrogen and oxygen atoms in total. The number of pyridine rings is 1. The summed E-state index contributed by atoms with van der Waals surface area (Å²) in [5.74, 6) is 0.392. The minimum Gasteiger partial charge on any atom is -0.477 e. The molecule has 0 saturated heterocycles. The topological polar surface area (TPSA) is 124 Å². The zero-order chi connectivity index (χ0) is 29.1. The second-order valence-corrected chi connectivity index (χ2v) is 11.6. The lowest BCUT2D eigenvalue weighted by Gasteiger charge is -2.51. The lowest BCUT2D eigenvalue weighted by molar-refractivity contribution is -0.137. The number of alkyl halides is 3. The van der Waals surface area contributed by atoms with Gasteiger partial charge in [0.2, 0.25) is 0 Å². The Labute approximate surface area is 238 Å². The normalized spacial score (nSPS) is 23.8. The average Bonchev–Trinajstić information content (AvgIpc) is 3.55. The van der Waals surface area contributed by atoms with Crippen LogP contribution in [0.1, 0.15) is 90.5 Å². The molecule has 0 spiro atoms. The first kappa shape index (κ1) is 26.8. The van der Waals surface area contributed by atoms with Crippen LogP contribution in [0.25, 0.3) is 22.8 Å². The number of aromatic nitrogens is 4. The van der Waals surface area contributed by atoms with Crippen molar-refractivity contribution in [2.24, 2.45) is 0 Å². The van der Waals surface area contributed by atoms with Crippen LogP contribution in [0.2, 0.25) is 0 Å². The van der Waals surface area contributed by atoms with Gasteiger partial charge in [-0.1, -0.05) is 34.6 Å². The molecular formula is C30H27F3N4O5. The number of aromatic carboxylic acids is 1. The van der Waals surface area contributed by atoms with E-state index in [0.29, 0.717) is 22.8 Å². The molecule has 42 heavy (non-hydrogen) atoms. The summed E-state index contributed by atoms with van der Waals surface area (Å²) in [6, 6.07) is 10.0. The van der Waals surface area contributed by atoms with Crippen molar-refractivity contribution in [3.63, 3.8) is 0 Å². The van der Waals surface area contributed by atoms with Gasteiger partial charge in [-0.15, -0.1) is 0 Å². The van der Waals surface area contributed by atoms with Gasteiger partial charge in [-0.3, -0.25) is 0 Å². The molecule has 0 atom stereocenters. The highest BCUT2D eigenvalue weighted by molar-refractivity contribution is 5.85. The number of ether oxygens (including phenoxy) is 1. The molecule has 1 aromatic carbocycles. The smallest absolute Gasteiger partial charge is 0.417 e. The number of benzene rings is 1. The van der Waals surface area contributed by atoms with Gasteiger partial charge < -0.3 is 18.9 Å². The fourth-order valence-corrected chi connectivity index (χ4v) is 6.42. The quantitative estimate of drug-likeness (QED) is 0.236. The van der Waals surface area contributed by atoms with E-state index in [4.69, 9.17) is 13.8 Å². The SMILES string of the molecule is O=C(O)c1cccc(-c2nc(C34CCC(OCc5c(-c6ccccc6C(F)(F)F)noc5C5CC5)(CC3)CC4)no2)n1. The van der Waals surface area contributed by atoms with Gasteiger partial charge in [-0.2, -0.15) is 18.2 Å². The Hall–Kier alpha value is -4.06. The van der Waals surface area contributed by atoms with Gasteiger partial charge in [0.25, 0.3) is 5.89 Å². The molecule has 4 fully saturated rings. The van der Waals surface area contributed by atoms with Gasteiger partial charge >= 0.3 is 12.1 Å². The number of fused-ring (bicyclic) bond motifs is 3. The highest BCUT2D eigenvalue weighted by Crippen LogP contribution is 2.55. The van der Waals surface area contributed by atoms with Crippen molar-refractivity contribution in [2.45, 2.75) is 81.1 Å². The van der Waals surface area contributed by atoms with E-state index in [0.717, 1.165) is 57.4 Å². The zero-order valence-corrected chi connectivity index (χ0v) is 22.5. The third-order valence-corrected chi connectivity index (χ3v) is 9.04.